The molecule has 0 fully saturated rings. The molecule has 10 heavy (non-hydrogen) atoms. The number of thiol groups is 1. The Morgan fingerprint density at radius 2 is 2.60 bits per heavy atom. The molecule has 0 aliphatic heterocycles. The molecule has 1 heterocycles. The minimum absolute atomic E-state index is 0.514. The zero-order valence-corrected chi connectivity index (χ0v) is 7.30. The van der Waals surface area contributed by atoms with E-state index in [1.807, 2.05) is 0 Å². The van der Waals surface area contributed by atoms with E-state index in [1.54, 1.807) is 6.20 Å². The van der Waals surface area contributed by atoms with E-state index in [1.165, 1.54) is 0 Å². The zero-order chi connectivity index (χ0) is 7.56. The maximum atomic E-state index is 4.79. The van der Waals surface area contributed by atoms with Gasteiger partial charge < -0.3 is 4.98 Å². The molecule has 0 saturated heterocycles. The Morgan fingerprint density at radius 3 is 2.90 bits per heavy atom. The van der Waals surface area contributed by atoms with Gasteiger partial charge in [-0.2, -0.15) is 0 Å². The Balaban J connectivity index is 2.88. The monoisotopic (exact) mass is 172 g/mol. The first-order chi connectivity index (χ1) is 4.74. The molecular formula is C6H8N2S2. The molecule has 1 aromatic rings. The first-order valence-corrected chi connectivity index (χ1v) is 3.86. The molecule has 54 valence electrons. The van der Waals surface area contributed by atoms with E-state index in [0.29, 0.717) is 10.0 Å². The third kappa shape index (κ3) is 1.58. The van der Waals surface area contributed by atoms with Gasteiger partial charge in [0.1, 0.15) is 4.20 Å². The molecule has 0 bridgehead atoms. The number of rotatable bonds is 2. The summed E-state index contributed by atoms with van der Waals surface area (Å²) in [6, 6.07) is 0. The second kappa shape index (κ2) is 3.16. The predicted octanol–water partition coefficient (Wildman–Crippen LogP) is 1.58. The smallest absolute Gasteiger partial charge is 0.154 e. The average molecular weight is 172 g/mol. The van der Waals surface area contributed by atoms with Crippen LogP contribution < -0.4 is 0 Å². The van der Waals surface area contributed by atoms with Crippen LogP contribution in [-0.4, -0.2) is 14.2 Å². The van der Waals surface area contributed by atoms with E-state index < -0.39 is 0 Å². The van der Waals surface area contributed by atoms with E-state index in [-0.39, 0.29) is 0 Å². The number of hydrogen-bond acceptors (Lipinski definition) is 2. The maximum absolute atomic E-state index is 4.79. The Labute approximate surface area is 70.5 Å². The van der Waals surface area contributed by atoms with Crippen LogP contribution in [-0.2, 0) is 6.42 Å². The summed E-state index contributed by atoms with van der Waals surface area (Å²) in [6.07, 6.45) is 2.72. The van der Waals surface area contributed by atoms with Crippen molar-refractivity contribution < 1.29 is 0 Å². The molecule has 1 aromatic heterocycles. The van der Waals surface area contributed by atoms with Crippen LogP contribution in [0.3, 0.4) is 0 Å². The molecule has 1 rings (SSSR count). The van der Waals surface area contributed by atoms with Crippen molar-refractivity contribution in [3.8, 4) is 0 Å². The summed E-state index contributed by atoms with van der Waals surface area (Å²) >= 11 is 8.77. The van der Waals surface area contributed by atoms with E-state index in [2.05, 4.69) is 29.5 Å². The van der Waals surface area contributed by atoms with Crippen molar-refractivity contribution in [2.75, 3.05) is 0 Å². The first kappa shape index (κ1) is 7.75. The summed E-state index contributed by atoms with van der Waals surface area (Å²) < 4.78 is 0.514. The average Bonchev–Trinajstić information content (AvgIpc) is 2.34. The van der Waals surface area contributed by atoms with Crippen molar-refractivity contribution in [1.29, 1.82) is 0 Å². The number of aromatic nitrogens is 2. The van der Waals surface area contributed by atoms with Crippen molar-refractivity contribution in [2.45, 2.75) is 13.3 Å². The zero-order valence-electron chi connectivity index (χ0n) is 5.59. The molecule has 0 aliphatic carbocycles. The SMILES string of the molecule is CCc1cnc(C(=S)S)[nH]1. The van der Waals surface area contributed by atoms with Crippen molar-refractivity contribution in [1.82, 2.24) is 9.97 Å². The van der Waals surface area contributed by atoms with Gasteiger partial charge in [-0.05, 0) is 6.42 Å². The van der Waals surface area contributed by atoms with Gasteiger partial charge in [-0.1, -0.05) is 19.1 Å². The fraction of sp³-hybridized carbons (Fsp3) is 0.333. The quantitative estimate of drug-likeness (QED) is 0.524. The number of imidazole rings is 1. The van der Waals surface area contributed by atoms with E-state index in [4.69, 9.17) is 12.2 Å². The standard InChI is InChI=1S/C6H8N2S2/c1-2-4-3-7-5(8-4)6(9)10/h3H,2H2,1H3,(H,7,8)(H,9,10). The van der Waals surface area contributed by atoms with Crippen LogP contribution in [0.4, 0.5) is 0 Å². The van der Waals surface area contributed by atoms with Crippen LogP contribution in [0.2, 0.25) is 0 Å². The minimum Gasteiger partial charge on any atom is -0.341 e. The summed E-state index contributed by atoms with van der Waals surface area (Å²) in [6.45, 7) is 2.05. The van der Waals surface area contributed by atoms with Crippen molar-refractivity contribution >= 4 is 29.0 Å². The predicted molar refractivity (Wildman–Crippen MR) is 48.7 cm³/mol. The largest absolute Gasteiger partial charge is 0.341 e. The topological polar surface area (TPSA) is 28.7 Å². The van der Waals surface area contributed by atoms with Gasteiger partial charge in [0.05, 0.1) is 0 Å². The van der Waals surface area contributed by atoms with E-state index in [0.717, 1.165) is 12.1 Å². The fourth-order valence-corrected chi connectivity index (χ4v) is 0.865. The Hall–Kier alpha value is -0.350. The molecule has 4 heteroatoms. The number of nitrogens with zero attached hydrogens (tertiary/aromatic N) is 1. The maximum Gasteiger partial charge on any atom is 0.154 e. The summed E-state index contributed by atoms with van der Waals surface area (Å²) in [5, 5.41) is 0. The highest BCUT2D eigenvalue weighted by atomic mass is 32.1. The highest BCUT2D eigenvalue weighted by Crippen LogP contribution is 2.01. The van der Waals surface area contributed by atoms with Gasteiger partial charge in [0, 0.05) is 11.9 Å². The van der Waals surface area contributed by atoms with Gasteiger partial charge >= 0.3 is 0 Å². The number of aromatic amines is 1. The van der Waals surface area contributed by atoms with Crippen LogP contribution in [0.15, 0.2) is 6.20 Å². The lowest BCUT2D eigenvalue weighted by atomic mass is 10.4. The molecule has 0 unspecified atom stereocenters. The van der Waals surface area contributed by atoms with Gasteiger partial charge in [0.15, 0.2) is 5.82 Å². The molecular weight excluding hydrogens is 164 g/mol. The number of aryl methyl sites for hydroxylation is 1. The molecule has 0 spiro atoms. The Morgan fingerprint density at radius 1 is 1.90 bits per heavy atom. The lowest BCUT2D eigenvalue weighted by Gasteiger charge is -1.87. The van der Waals surface area contributed by atoms with Gasteiger partial charge in [-0.15, -0.1) is 12.6 Å². The van der Waals surface area contributed by atoms with Crippen LogP contribution in [0, 0.1) is 0 Å². The second-order valence-electron chi connectivity index (χ2n) is 1.92. The van der Waals surface area contributed by atoms with Gasteiger partial charge in [0.25, 0.3) is 0 Å². The molecule has 0 radical (unpaired) electrons. The molecule has 0 atom stereocenters. The fourth-order valence-electron chi connectivity index (χ4n) is 0.647. The number of hydrogen-bond donors (Lipinski definition) is 2. The normalized spacial score (nSPS) is 9.80. The van der Waals surface area contributed by atoms with E-state index in [9.17, 15) is 0 Å². The summed E-state index contributed by atoms with van der Waals surface area (Å²) in [5.41, 5.74) is 1.09. The third-order valence-corrected chi connectivity index (χ3v) is 1.62. The summed E-state index contributed by atoms with van der Waals surface area (Å²) in [5.74, 6) is 0.690. The molecule has 0 saturated carbocycles. The first-order valence-electron chi connectivity index (χ1n) is 3.01. The van der Waals surface area contributed by atoms with Crippen LogP contribution in [0.1, 0.15) is 18.4 Å². The molecule has 1 N–H and O–H groups in total. The number of H-pyrrole nitrogens is 1. The lowest BCUT2D eigenvalue weighted by Crippen LogP contribution is -1.89. The summed E-state index contributed by atoms with van der Waals surface area (Å²) in [4.78, 5) is 7.05. The Bertz CT molecular complexity index is 242. The van der Waals surface area contributed by atoms with Crippen molar-refractivity contribution in [3.63, 3.8) is 0 Å². The second-order valence-corrected chi connectivity index (χ2v) is 3.07. The molecule has 0 aromatic carbocycles. The van der Waals surface area contributed by atoms with Gasteiger partial charge in [0.2, 0.25) is 0 Å². The highest BCUT2D eigenvalue weighted by Gasteiger charge is 1.99. The van der Waals surface area contributed by atoms with E-state index >= 15 is 0 Å². The molecule has 2 nitrogen and oxygen atoms in total. The minimum atomic E-state index is 0.514. The summed E-state index contributed by atoms with van der Waals surface area (Å²) in [7, 11) is 0. The number of nitrogens with one attached hydrogen (secondary N) is 1. The van der Waals surface area contributed by atoms with Crippen molar-refractivity contribution in [2.24, 2.45) is 0 Å². The Kier molecular flexibility index (Phi) is 2.45. The van der Waals surface area contributed by atoms with Crippen LogP contribution in [0.5, 0.6) is 0 Å². The highest BCUT2D eigenvalue weighted by molar-refractivity contribution is 8.11. The lowest BCUT2D eigenvalue weighted by molar-refractivity contribution is 1.06. The van der Waals surface area contributed by atoms with Gasteiger partial charge in [-0.25, -0.2) is 4.98 Å². The molecule has 0 aliphatic rings. The van der Waals surface area contributed by atoms with Crippen LogP contribution >= 0.6 is 24.8 Å². The third-order valence-electron chi connectivity index (χ3n) is 1.21. The molecule has 0 amide bonds. The van der Waals surface area contributed by atoms with Gasteiger partial charge in [-0.3, -0.25) is 0 Å². The van der Waals surface area contributed by atoms with Crippen molar-refractivity contribution in [3.05, 3.63) is 17.7 Å². The number of thiocarbonyl (C=S) groups is 1. The van der Waals surface area contributed by atoms with Crippen LogP contribution in [0.25, 0.3) is 0 Å².